The van der Waals surface area contributed by atoms with E-state index in [1.54, 1.807) is 42.8 Å². The fourth-order valence-electron chi connectivity index (χ4n) is 3.16. The maximum Gasteiger partial charge on any atom is 0.292 e. The van der Waals surface area contributed by atoms with Gasteiger partial charge in [-0.1, -0.05) is 44.2 Å². The number of para-hydroxylation sites is 1. The van der Waals surface area contributed by atoms with Crippen LogP contribution in [0.5, 0.6) is 0 Å². The van der Waals surface area contributed by atoms with Crippen molar-refractivity contribution in [2.45, 2.75) is 34.2 Å². The molecule has 7 nitrogen and oxygen atoms in total. The molecule has 0 bridgehead atoms. The molecule has 1 aromatic heterocycles. The number of nitrogens with one attached hydrogen (secondary N) is 2. The molecule has 0 saturated carbocycles. The average Bonchev–Trinajstić information content (AvgIpc) is 3.06. The Morgan fingerprint density at radius 2 is 1.61 bits per heavy atom. The SMILES string of the molecule is Cc1nn(-c2ccccc2)c(C)c1C(=O)C(=O)NCc1ccc(NC(=O)C(C)C)cc1. The Labute approximate surface area is 181 Å². The summed E-state index contributed by atoms with van der Waals surface area (Å²) in [6, 6.07) is 16.6. The second-order valence-electron chi connectivity index (χ2n) is 7.65. The molecule has 0 aliphatic heterocycles. The predicted molar refractivity (Wildman–Crippen MR) is 119 cm³/mol. The van der Waals surface area contributed by atoms with Crippen molar-refractivity contribution in [3.8, 4) is 5.69 Å². The molecule has 2 aromatic carbocycles. The van der Waals surface area contributed by atoms with Gasteiger partial charge in [0.05, 0.1) is 22.6 Å². The number of amides is 2. The second kappa shape index (κ2) is 9.38. The molecular weight excluding hydrogens is 392 g/mol. The monoisotopic (exact) mass is 418 g/mol. The summed E-state index contributed by atoms with van der Waals surface area (Å²) in [7, 11) is 0. The van der Waals surface area contributed by atoms with Crippen molar-refractivity contribution in [3.63, 3.8) is 0 Å². The Hall–Kier alpha value is -3.74. The molecule has 0 spiro atoms. The van der Waals surface area contributed by atoms with Crippen LogP contribution in [-0.4, -0.2) is 27.4 Å². The highest BCUT2D eigenvalue weighted by atomic mass is 16.2. The van der Waals surface area contributed by atoms with E-state index >= 15 is 0 Å². The van der Waals surface area contributed by atoms with Gasteiger partial charge in [0.15, 0.2) is 0 Å². The number of benzene rings is 2. The maximum absolute atomic E-state index is 12.8. The zero-order valence-electron chi connectivity index (χ0n) is 18.1. The lowest BCUT2D eigenvalue weighted by molar-refractivity contribution is -0.119. The summed E-state index contributed by atoms with van der Waals surface area (Å²) >= 11 is 0. The van der Waals surface area contributed by atoms with Crippen molar-refractivity contribution < 1.29 is 14.4 Å². The Morgan fingerprint density at radius 1 is 0.968 bits per heavy atom. The highest BCUT2D eigenvalue weighted by molar-refractivity contribution is 6.43. The number of nitrogens with zero attached hydrogens (tertiary/aromatic N) is 2. The molecule has 0 fully saturated rings. The molecule has 0 aliphatic rings. The molecule has 0 atom stereocenters. The Bertz CT molecular complexity index is 1100. The van der Waals surface area contributed by atoms with E-state index in [0.717, 1.165) is 11.3 Å². The highest BCUT2D eigenvalue weighted by Crippen LogP contribution is 2.18. The number of anilines is 1. The molecule has 31 heavy (non-hydrogen) atoms. The number of aryl methyl sites for hydroxylation is 1. The molecule has 160 valence electrons. The van der Waals surface area contributed by atoms with Crippen LogP contribution < -0.4 is 10.6 Å². The summed E-state index contributed by atoms with van der Waals surface area (Å²) < 4.78 is 1.67. The Kier molecular flexibility index (Phi) is 6.65. The van der Waals surface area contributed by atoms with E-state index in [9.17, 15) is 14.4 Å². The first-order valence-electron chi connectivity index (χ1n) is 10.1. The number of rotatable bonds is 7. The van der Waals surface area contributed by atoms with Gasteiger partial charge in [-0.15, -0.1) is 0 Å². The lowest BCUT2D eigenvalue weighted by Crippen LogP contribution is -2.31. The van der Waals surface area contributed by atoms with E-state index < -0.39 is 11.7 Å². The molecule has 0 aliphatic carbocycles. The molecule has 0 radical (unpaired) electrons. The van der Waals surface area contributed by atoms with Gasteiger partial charge in [0, 0.05) is 18.2 Å². The Morgan fingerprint density at radius 3 is 2.23 bits per heavy atom. The molecular formula is C24H26N4O3. The lowest BCUT2D eigenvalue weighted by atomic mass is 10.1. The minimum absolute atomic E-state index is 0.0616. The van der Waals surface area contributed by atoms with Crippen LogP contribution in [0.1, 0.15) is 41.2 Å². The first-order valence-corrected chi connectivity index (χ1v) is 10.1. The minimum Gasteiger partial charge on any atom is -0.345 e. The second-order valence-corrected chi connectivity index (χ2v) is 7.65. The normalized spacial score (nSPS) is 10.7. The molecule has 0 unspecified atom stereocenters. The van der Waals surface area contributed by atoms with Crippen molar-refractivity contribution in [2.75, 3.05) is 5.32 Å². The topological polar surface area (TPSA) is 93.1 Å². The first-order chi connectivity index (χ1) is 14.8. The van der Waals surface area contributed by atoms with E-state index in [4.69, 9.17) is 0 Å². The van der Waals surface area contributed by atoms with E-state index in [1.165, 1.54) is 0 Å². The molecule has 2 amide bonds. The van der Waals surface area contributed by atoms with Gasteiger partial charge in [0.25, 0.3) is 11.7 Å². The fourth-order valence-corrected chi connectivity index (χ4v) is 3.16. The van der Waals surface area contributed by atoms with Crippen molar-refractivity contribution in [2.24, 2.45) is 5.92 Å². The summed E-state index contributed by atoms with van der Waals surface area (Å²) in [6.07, 6.45) is 0. The van der Waals surface area contributed by atoms with Gasteiger partial charge in [-0.05, 0) is 43.7 Å². The van der Waals surface area contributed by atoms with Gasteiger partial charge in [-0.25, -0.2) is 4.68 Å². The van der Waals surface area contributed by atoms with E-state index in [-0.39, 0.29) is 18.4 Å². The molecule has 1 heterocycles. The Balaban J connectivity index is 1.66. The van der Waals surface area contributed by atoms with E-state index in [0.29, 0.717) is 22.6 Å². The highest BCUT2D eigenvalue weighted by Gasteiger charge is 2.24. The number of carbonyl (C=O) groups excluding carboxylic acids is 3. The van der Waals surface area contributed by atoms with E-state index in [2.05, 4.69) is 15.7 Å². The van der Waals surface area contributed by atoms with Crippen LogP contribution in [0.2, 0.25) is 0 Å². The lowest BCUT2D eigenvalue weighted by Gasteiger charge is -2.09. The molecule has 0 saturated heterocycles. The average molecular weight is 418 g/mol. The molecule has 2 N–H and O–H groups in total. The van der Waals surface area contributed by atoms with Gasteiger partial charge < -0.3 is 10.6 Å². The number of hydrogen-bond acceptors (Lipinski definition) is 4. The third kappa shape index (κ3) is 5.06. The van der Waals surface area contributed by atoms with Crippen LogP contribution in [-0.2, 0) is 16.1 Å². The quantitative estimate of drug-likeness (QED) is 0.453. The predicted octanol–water partition coefficient (Wildman–Crippen LogP) is 3.58. The zero-order valence-corrected chi connectivity index (χ0v) is 18.1. The first kappa shape index (κ1) is 22.0. The van der Waals surface area contributed by atoms with Crippen LogP contribution in [0, 0.1) is 19.8 Å². The smallest absolute Gasteiger partial charge is 0.292 e. The van der Waals surface area contributed by atoms with Crippen LogP contribution in [0.15, 0.2) is 54.6 Å². The number of ketones is 1. The van der Waals surface area contributed by atoms with E-state index in [1.807, 2.05) is 44.2 Å². The van der Waals surface area contributed by atoms with Crippen LogP contribution in [0.4, 0.5) is 5.69 Å². The summed E-state index contributed by atoms with van der Waals surface area (Å²) in [5, 5.41) is 9.91. The van der Waals surface area contributed by atoms with Gasteiger partial charge in [-0.2, -0.15) is 5.10 Å². The summed E-state index contributed by atoms with van der Waals surface area (Å²) in [5.74, 6) is -1.47. The van der Waals surface area contributed by atoms with Crippen molar-refractivity contribution in [1.29, 1.82) is 0 Å². The van der Waals surface area contributed by atoms with Gasteiger partial charge in [-0.3, -0.25) is 14.4 Å². The minimum atomic E-state index is -0.684. The fraction of sp³-hybridized carbons (Fsp3) is 0.250. The number of carbonyl (C=O) groups is 3. The summed E-state index contributed by atoms with van der Waals surface area (Å²) in [4.78, 5) is 37.0. The largest absolute Gasteiger partial charge is 0.345 e. The molecule has 7 heteroatoms. The van der Waals surface area contributed by atoms with Gasteiger partial charge in [0.1, 0.15) is 0 Å². The van der Waals surface area contributed by atoms with Crippen LogP contribution >= 0.6 is 0 Å². The van der Waals surface area contributed by atoms with Gasteiger partial charge in [0.2, 0.25) is 5.91 Å². The number of aromatic nitrogens is 2. The van der Waals surface area contributed by atoms with Crippen molar-refractivity contribution in [1.82, 2.24) is 15.1 Å². The molecule has 3 rings (SSSR count). The standard InChI is InChI=1S/C24H26N4O3/c1-15(2)23(30)26-19-12-10-18(11-13-19)14-25-24(31)22(29)21-16(3)27-28(17(21)4)20-8-6-5-7-9-20/h5-13,15H,14H2,1-4H3,(H,25,31)(H,26,30). The summed E-state index contributed by atoms with van der Waals surface area (Å²) in [6.45, 7) is 7.34. The third-order valence-corrected chi connectivity index (χ3v) is 4.92. The van der Waals surface area contributed by atoms with Crippen molar-refractivity contribution >= 4 is 23.3 Å². The van der Waals surface area contributed by atoms with Gasteiger partial charge >= 0.3 is 0 Å². The van der Waals surface area contributed by atoms with Crippen LogP contribution in [0.25, 0.3) is 5.69 Å². The van der Waals surface area contributed by atoms with Crippen LogP contribution in [0.3, 0.4) is 0 Å². The third-order valence-electron chi connectivity index (χ3n) is 4.92. The zero-order chi connectivity index (χ0) is 22.5. The maximum atomic E-state index is 12.8. The van der Waals surface area contributed by atoms with Crippen molar-refractivity contribution in [3.05, 3.63) is 77.1 Å². The number of hydrogen-bond donors (Lipinski definition) is 2. The molecule has 3 aromatic rings. The number of Topliss-reactive ketones (excluding diaryl/α,β-unsaturated/α-hetero) is 1. The summed E-state index contributed by atoms with van der Waals surface area (Å²) in [5.41, 5.74) is 3.77.